The molecule has 0 saturated carbocycles. The summed E-state index contributed by atoms with van der Waals surface area (Å²) in [6.07, 6.45) is 2.87. The lowest BCUT2D eigenvalue weighted by atomic mass is 10.3. The highest BCUT2D eigenvalue weighted by molar-refractivity contribution is 6.32. The molecule has 18 heavy (non-hydrogen) atoms. The third kappa shape index (κ3) is 3.48. The second-order valence-corrected chi connectivity index (χ2v) is 4.22. The van der Waals surface area contributed by atoms with Crippen molar-refractivity contribution in [2.24, 2.45) is 0 Å². The largest absolute Gasteiger partial charge is 0.417 e. The first-order valence-corrected chi connectivity index (χ1v) is 6.25. The Balaban J connectivity index is 1.96. The molecule has 1 N–H and O–H groups in total. The number of nitrogens with one attached hydrogen (secondary N) is 1. The van der Waals surface area contributed by atoms with Crippen molar-refractivity contribution in [1.82, 2.24) is 10.3 Å². The van der Waals surface area contributed by atoms with Gasteiger partial charge >= 0.3 is 6.08 Å². The Morgan fingerprint density at radius 1 is 1.39 bits per heavy atom. The maximum atomic E-state index is 5.98. The number of para-hydroxylation sites is 1. The van der Waals surface area contributed by atoms with Gasteiger partial charge in [0, 0.05) is 6.54 Å². The van der Waals surface area contributed by atoms with Crippen LogP contribution in [-0.4, -0.2) is 11.5 Å². The molecule has 0 radical (unpaired) electrons. The third-order valence-electron chi connectivity index (χ3n) is 2.30. The molecule has 1 aromatic carbocycles. The number of benzene rings is 1. The van der Waals surface area contributed by atoms with E-state index in [9.17, 15) is 0 Å². The van der Waals surface area contributed by atoms with Gasteiger partial charge in [-0.05, 0) is 25.1 Å². The van der Waals surface area contributed by atoms with Gasteiger partial charge in [0.15, 0.2) is 5.75 Å². The summed E-state index contributed by atoms with van der Waals surface area (Å²) in [6.45, 7) is 3.73. The van der Waals surface area contributed by atoms with E-state index in [-0.39, 0.29) is 6.08 Å². The van der Waals surface area contributed by atoms with E-state index in [0.29, 0.717) is 17.3 Å². The summed E-state index contributed by atoms with van der Waals surface area (Å²) >= 11 is 5.98. The lowest BCUT2D eigenvalue weighted by Crippen LogP contribution is -2.13. The Hall–Kier alpha value is -1.52. The van der Waals surface area contributed by atoms with Crippen molar-refractivity contribution >= 4 is 11.6 Å². The van der Waals surface area contributed by atoms with Crippen LogP contribution in [0.1, 0.15) is 19.0 Å². The predicted molar refractivity (Wildman–Crippen MR) is 70.0 cm³/mol. The molecule has 2 aromatic rings. The minimum Gasteiger partial charge on any atom is -0.417 e. The van der Waals surface area contributed by atoms with Crippen LogP contribution in [0.5, 0.6) is 11.8 Å². The maximum absolute atomic E-state index is 5.98. The molecule has 0 atom stereocenters. The minimum absolute atomic E-state index is 0.205. The molecule has 0 amide bonds. The number of nitrogens with zero attached hydrogens (tertiary/aromatic N) is 1. The third-order valence-corrected chi connectivity index (χ3v) is 2.61. The Labute approximate surface area is 111 Å². The van der Waals surface area contributed by atoms with E-state index in [4.69, 9.17) is 20.8 Å². The quantitative estimate of drug-likeness (QED) is 0.811. The molecule has 2 rings (SSSR count). The SMILES string of the molecule is CCCNCc1coc(Oc2ccccc2Cl)n1. The van der Waals surface area contributed by atoms with Crippen molar-refractivity contribution in [3.05, 3.63) is 41.2 Å². The zero-order chi connectivity index (χ0) is 12.8. The van der Waals surface area contributed by atoms with Crippen LogP contribution in [0.4, 0.5) is 0 Å². The molecule has 0 unspecified atom stereocenters. The van der Waals surface area contributed by atoms with Crippen molar-refractivity contribution in [2.45, 2.75) is 19.9 Å². The van der Waals surface area contributed by atoms with Crippen LogP contribution >= 0.6 is 11.6 Å². The normalized spacial score (nSPS) is 10.6. The smallest absolute Gasteiger partial charge is 0.399 e. The monoisotopic (exact) mass is 266 g/mol. The number of oxazole rings is 1. The van der Waals surface area contributed by atoms with Gasteiger partial charge in [0.1, 0.15) is 6.26 Å². The van der Waals surface area contributed by atoms with E-state index < -0.39 is 0 Å². The highest BCUT2D eigenvalue weighted by Crippen LogP contribution is 2.28. The summed E-state index contributed by atoms with van der Waals surface area (Å²) in [5.74, 6) is 0.536. The van der Waals surface area contributed by atoms with Crippen molar-refractivity contribution < 1.29 is 9.15 Å². The summed E-state index contributed by atoms with van der Waals surface area (Å²) < 4.78 is 10.7. The number of rotatable bonds is 6. The summed E-state index contributed by atoms with van der Waals surface area (Å²) in [7, 11) is 0. The molecule has 1 heterocycles. The number of hydrogen-bond acceptors (Lipinski definition) is 4. The summed E-state index contributed by atoms with van der Waals surface area (Å²) in [4.78, 5) is 4.21. The molecular formula is C13H15ClN2O2. The molecule has 0 spiro atoms. The van der Waals surface area contributed by atoms with Crippen LogP contribution in [0.15, 0.2) is 34.9 Å². The van der Waals surface area contributed by atoms with Gasteiger partial charge in [-0.25, -0.2) is 0 Å². The fourth-order valence-corrected chi connectivity index (χ4v) is 1.61. The summed E-state index contributed by atoms with van der Waals surface area (Å²) in [5.41, 5.74) is 0.811. The van der Waals surface area contributed by atoms with Gasteiger partial charge in [0.05, 0.1) is 10.7 Å². The standard InChI is InChI=1S/C13H15ClN2O2/c1-2-7-15-8-10-9-17-13(16-10)18-12-6-4-3-5-11(12)14/h3-6,9,15H,2,7-8H2,1H3. The topological polar surface area (TPSA) is 47.3 Å². The molecule has 0 bridgehead atoms. The molecule has 1 aromatic heterocycles. The van der Waals surface area contributed by atoms with Crippen molar-refractivity contribution in [1.29, 1.82) is 0 Å². The number of halogens is 1. The van der Waals surface area contributed by atoms with Gasteiger partial charge < -0.3 is 14.5 Å². The fourth-order valence-electron chi connectivity index (χ4n) is 1.43. The van der Waals surface area contributed by atoms with Crippen molar-refractivity contribution in [2.75, 3.05) is 6.54 Å². The zero-order valence-corrected chi connectivity index (χ0v) is 10.9. The first-order chi connectivity index (χ1) is 8.79. The predicted octanol–water partition coefficient (Wildman–Crippen LogP) is 3.62. The molecule has 0 aliphatic rings. The molecule has 0 aliphatic heterocycles. The van der Waals surface area contributed by atoms with Crippen LogP contribution in [0.3, 0.4) is 0 Å². The molecule has 0 aliphatic carbocycles. The Morgan fingerprint density at radius 3 is 3.00 bits per heavy atom. The average molecular weight is 267 g/mol. The first-order valence-electron chi connectivity index (χ1n) is 5.87. The van der Waals surface area contributed by atoms with Crippen LogP contribution in [-0.2, 0) is 6.54 Å². The van der Waals surface area contributed by atoms with E-state index in [2.05, 4.69) is 17.2 Å². The molecule has 96 valence electrons. The van der Waals surface area contributed by atoms with E-state index in [1.165, 1.54) is 0 Å². The van der Waals surface area contributed by atoms with E-state index in [1.54, 1.807) is 18.4 Å². The molecule has 5 heteroatoms. The Kier molecular flexibility index (Phi) is 4.61. The van der Waals surface area contributed by atoms with Gasteiger partial charge in [0.25, 0.3) is 0 Å². The highest BCUT2D eigenvalue weighted by Gasteiger charge is 2.08. The molecule has 0 saturated heterocycles. The Bertz CT molecular complexity index is 499. The van der Waals surface area contributed by atoms with Crippen LogP contribution in [0.2, 0.25) is 5.02 Å². The maximum Gasteiger partial charge on any atom is 0.399 e. The van der Waals surface area contributed by atoms with Crippen molar-refractivity contribution in [3.63, 3.8) is 0 Å². The second kappa shape index (κ2) is 6.42. The van der Waals surface area contributed by atoms with Gasteiger partial charge in [-0.2, -0.15) is 4.98 Å². The Morgan fingerprint density at radius 2 is 2.22 bits per heavy atom. The zero-order valence-electron chi connectivity index (χ0n) is 10.1. The summed E-state index contributed by atoms with van der Waals surface area (Å²) in [6, 6.07) is 7.20. The number of ether oxygens (including phenoxy) is 1. The number of hydrogen-bond donors (Lipinski definition) is 1. The lowest BCUT2D eigenvalue weighted by Gasteiger charge is -2.01. The first kappa shape index (κ1) is 12.9. The van der Waals surface area contributed by atoms with Gasteiger partial charge in [0.2, 0.25) is 0 Å². The fraction of sp³-hybridized carbons (Fsp3) is 0.308. The van der Waals surface area contributed by atoms with E-state index in [0.717, 1.165) is 18.7 Å². The van der Waals surface area contributed by atoms with Gasteiger partial charge in [-0.3, -0.25) is 0 Å². The summed E-state index contributed by atoms with van der Waals surface area (Å²) in [5, 5.41) is 3.76. The van der Waals surface area contributed by atoms with Gasteiger partial charge in [-0.15, -0.1) is 0 Å². The molecule has 4 nitrogen and oxygen atoms in total. The minimum atomic E-state index is 0.205. The lowest BCUT2D eigenvalue weighted by molar-refractivity contribution is 0.331. The van der Waals surface area contributed by atoms with E-state index in [1.807, 2.05) is 12.1 Å². The average Bonchev–Trinajstić information content (AvgIpc) is 2.80. The van der Waals surface area contributed by atoms with Crippen molar-refractivity contribution in [3.8, 4) is 11.8 Å². The highest BCUT2D eigenvalue weighted by atomic mass is 35.5. The van der Waals surface area contributed by atoms with E-state index >= 15 is 0 Å². The van der Waals surface area contributed by atoms with Crippen LogP contribution in [0.25, 0.3) is 0 Å². The van der Waals surface area contributed by atoms with Gasteiger partial charge in [-0.1, -0.05) is 30.7 Å². The molecular weight excluding hydrogens is 252 g/mol. The van der Waals surface area contributed by atoms with Crippen LogP contribution < -0.4 is 10.1 Å². The van der Waals surface area contributed by atoms with Crippen LogP contribution in [0, 0.1) is 0 Å². The molecule has 0 fully saturated rings. The second-order valence-electron chi connectivity index (χ2n) is 3.81. The number of aromatic nitrogens is 1.